The third-order valence-corrected chi connectivity index (χ3v) is 5.80. The normalized spacial score (nSPS) is 21.6. The number of hydrogen-bond acceptors (Lipinski definition) is 4. The summed E-state index contributed by atoms with van der Waals surface area (Å²) in [6, 6.07) is -1.05. The molecule has 1 N–H and O–H groups in total. The molecule has 1 aliphatic rings. The molecule has 20 heavy (non-hydrogen) atoms. The van der Waals surface area contributed by atoms with Crippen molar-refractivity contribution in [3.63, 3.8) is 0 Å². The van der Waals surface area contributed by atoms with Gasteiger partial charge in [-0.2, -0.15) is 9.40 Å². The average molecular weight is 322 g/mol. The Kier molecular flexibility index (Phi) is 4.36. The van der Waals surface area contributed by atoms with Crippen molar-refractivity contribution in [2.45, 2.75) is 36.8 Å². The molecule has 9 heteroatoms. The topological polar surface area (TPSA) is 92.5 Å². The van der Waals surface area contributed by atoms with Crippen molar-refractivity contribution in [1.29, 1.82) is 0 Å². The summed E-state index contributed by atoms with van der Waals surface area (Å²) < 4.78 is 27.5. The van der Waals surface area contributed by atoms with E-state index in [0.717, 1.165) is 15.4 Å². The fourth-order valence-corrected chi connectivity index (χ4v) is 4.68. The van der Waals surface area contributed by atoms with Crippen LogP contribution < -0.4 is 0 Å². The van der Waals surface area contributed by atoms with Gasteiger partial charge in [0, 0.05) is 13.6 Å². The van der Waals surface area contributed by atoms with Crippen molar-refractivity contribution < 1.29 is 18.3 Å². The molecule has 7 nitrogen and oxygen atoms in total. The third kappa shape index (κ3) is 2.68. The highest BCUT2D eigenvalue weighted by Gasteiger charge is 2.39. The zero-order valence-electron chi connectivity index (χ0n) is 11.0. The van der Waals surface area contributed by atoms with E-state index in [9.17, 15) is 18.3 Å². The van der Waals surface area contributed by atoms with Gasteiger partial charge < -0.3 is 5.11 Å². The van der Waals surface area contributed by atoms with E-state index in [2.05, 4.69) is 5.10 Å². The van der Waals surface area contributed by atoms with Crippen LogP contribution >= 0.6 is 11.6 Å². The molecule has 0 amide bonds. The first-order valence-corrected chi connectivity index (χ1v) is 8.09. The van der Waals surface area contributed by atoms with Crippen LogP contribution in [0.5, 0.6) is 0 Å². The van der Waals surface area contributed by atoms with Crippen LogP contribution in [-0.4, -0.2) is 46.2 Å². The van der Waals surface area contributed by atoms with E-state index >= 15 is 0 Å². The Labute approximate surface area is 122 Å². The molecule has 0 radical (unpaired) electrons. The summed E-state index contributed by atoms with van der Waals surface area (Å²) in [5.41, 5.74) is 0. The molecule has 2 rings (SSSR count). The van der Waals surface area contributed by atoms with Gasteiger partial charge in [-0.05, 0) is 12.8 Å². The van der Waals surface area contributed by atoms with Crippen molar-refractivity contribution in [3.8, 4) is 0 Å². The first kappa shape index (κ1) is 15.3. The van der Waals surface area contributed by atoms with Crippen LogP contribution in [-0.2, 0) is 21.9 Å². The number of carboxylic acid groups (broad SMARTS) is 1. The molecule has 1 fully saturated rings. The lowest BCUT2D eigenvalue weighted by atomic mass is 10.1. The SMILES string of the molecule is Cn1ncc(Cl)c1S(=O)(=O)N1CCCCCC1C(=O)O. The van der Waals surface area contributed by atoms with Crippen LogP contribution in [0.4, 0.5) is 0 Å². The predicted octanol–water partition coefficient (Wildman–Crippen LogP) is 1.09. The largest absolute Gasteiger partial charge is 0.480 e. The number of sulfonamides is 1. The quantitative estimate of drug-likeness (QED) is 0.899. The van der Waals surface area contributed by atoms with E-state index < -0.39 is 22.0 Å². The van der Waals surface area contributed by atoms with Crippen LogP contribution in [0.15, 0.2) is 11.2 Å². The lowest BCUT2D eigenvalue weighted by Crippen LogP contribution is -2.45. The highest BCUT2D eigenvalue weighted by molar-refractivity contribution is 7.89. The van der Waals surface area contributed by atoms with Crippen LogP contribution in [0.25, 0.3) is 0 Å². The Morgan fingerprint density at radius 1 is 1.45 bits per heavy atom. The van der Waals surface area contributed by atoms with Crippen molar-refractivity contribution in [2.75, 3.05) is 6.54 Å². The fourth-order valence-electron chi connectivity index (χ4n) is 2.42. The summed E-state index contributed by atoms with van der Waals surface area (Å²) in [5.74, 6) is -1.13. The predicted molar refractivity (Wildman–Crippen MR) is 72.0 cm³/mol. The molecular formula is C11H16ClN3O4S. The standard InChI is InChI=1S/C11H16ClN3O4S/c1-14-10(8(12)7-13-14)20(18,19)15-6-4-2-3-5-9(15)11(16)17/h7,9H,2-6H2,1H3,(H,16,17). The summed E-state index contributed by atoms with van der Waals surface area (Å²) in [6.07, 6.45) is 3.70. The van der Waals surface area contributed by atoms with Crippen molar-refractivity contribution in [1.82, 2.24) is 14.1 Å². The minimum Gasteiger partial charge on any atom is -0.480 e. The number of aliphatic carboxylic acids is 1. The molecular weight excluding hydrogens is 306 g/mol. The summed E-state index contributed by atoms with van der Waals surface area (Å²) in [7, 11) is -2.51. The number of hydrogen-bond donors (Lipinski definition) is 1. The maximum atomic E-state index is 12.7. The fraction of sp³-hybridized carbons (Fsp3) is 0.636. The summed E-state index contributed by atoms with van der Waals surface area (Å²) in [6.45, 7) is 0.181. The molecule has 1 aromatic heterocycles. The van der Waals surface area contributed by atoms with Crippen molar-refractivity contribution in [2.24, 2.45) is 7.05 Å². The van der Waals surface area contributed by atoms with Gasteiger partial charge in [0.15, 0.2) is 5.03 Å². The second kappa shape index (κ2) is 5.71. The van der Waals surface area contributed by atoms with Gasteiger partial charge in [0.25, 0.3) is 10.0 Å². The monoisotopic (exact) mass is 321 g/mol. The van der Waals surface area contributed by atoms with Gasteiger partial charge in [0.05, 0.1) is 11.2 Å². The minimum absolute atomic E-state index is 0.000820. The zero-order chi connectivity index (χ0) is 14.9. The first-order chi connectivity index (χ1) is 9.35. The van der Waals surface area contributed by atoms with Crippen LogP contribution in [0.2, 0.25) is 5.02 Å². The van der Waals surface area contributed by atoms with Gasteiger partial charge in [-0.15, -0.1) is 0 Å². The van der Waals surface area contributed by atoms with Crippen LogP contribution in [0.3, 0.4) is 0 Å². The lowest BCUT2D eigenvalue weighted by Gasteiger charge is -2.26. The molecule has 1 aromatic rings. The summed E-state index contributed by atoms with van der Waals surface area (Å²) >= 11 is 5.88. The van der Waals surface area contributed by atoms with E-state index in [1.54, 1.807) is 0 Å². The van der Waals surface area contributed by atoms with Crippen LogP contribution in [0.1, 0.15) is 25.7 Å². The van der Waals surface area contributed by atoms with Crippen molar-refractivity contribution >= 4 is 27.6 Å². The van der Waals surface area contributed by atoms with E-state index in [1.807, 2.05) is 0 Å². The Hall–Kier alpha value is -1.12. The van der Waals surface area contributed by atoms with Gasteiger partial charge in [0.2, 0.25) is 0 Å². The molecule has 0 saturated carbocycles. The maximum Gasteiger partial charge on any atom is 0.322 e. The number of aromatic nitrogens is 2. The summed E-state index contributed by atoms with van der Waals surface area (Å²) in [5, 5.41) is 12.9. The number of aryl methyl sites for hydroxylation is 1. The molecule has 1 aliphatic heterocycles. The number of halogens is 1. The molecule has 0 aliphatic carbocycles. The highest BCUT2D eigenvalue weighted by atomic mass is 35.5. The molecule has 112 valence electrons. The van der Waals surface area contributed by atoms with Gasteiger partial charge in [-0.3, -0.25) is 9.48 Å². The average Bonchev–Trinajstić information content (AvgIpc) is 2.60. The molecule has 0 bridgehead atoms. The van der Waals surface area contributed by atoms with Gasteiger partial charge in [0.1, 0.15) is 6.04 Å². The number of nitrogens with zero attached hydrogens (tertiary/aromatic N) is 3. The van der Waals surface area contributed by atoms with Crippen molar-refractivity contribution in [3.05, 3.63) is 11.2 Å². The molecule has 0 spiro atoms. The number of carboxylic acids is 1. The molecule has 1 unspecified atom stereocenters. The Balaban J connectivity index is 2.47. The van der Waals surface area contributed by atoms with E-state index in [1.165, 1.54) is 13.2 Å². The van der Waals surface area contributed by atoms with E-state index in [4.69, 9.17) is 11.6 Å². The Bertz CT molecular complexity index is 594. The molecule has 1 atom stereocenters. The number of carbonyl (C=O) groups is 1. The Morgan fingerprint density at radius 2 is 2.15 bits per heavy atom. The maximum absolute atomic E-state index is 12.7. The second-order valence-electron chi connectivity index (χ2n) is 4.74. The first-order valence-electron chi connectivity index (χ1n) is 6.28. The summed E-state index contributed by atoms with van der Waals surface area (Å²) in [4.78, 5) is 11.3. The molecule has 1 saturated heterocycles. The van der Waals surface area contributed by atoms with Gasteiger partial charge in [-0.1, -0.05) is 24.4 Å². The number of rotatable bonds is 3. The zero-order valence-corrected chi connectivity index (χ0v) is 12.6. The van der Waals surface area contributed by atoms with Gasteiger partial charge >= 0.3 is 5.97 Å². The van der Waals surface area contributed by atoms with E-state index in [-0.39, 0.29) is 16.6 Å². The molecule has 0 aromatic carbocycles. The molecule has 2 heterocycles. The van der Waals surface area contributed by atoms with E-state index in [0.29, 0.717) is 19.3 Å². The smallest absolute Gasteiger partial charge is 0.322 e. The second-order valence-corrected chi connectivity index (χ2v) is 6.95. The highest BCUT2D eigenvalue weighted by Crippen LogP contribution is 2.28. The third-order valence-electron chi connectivity index (χ3n) is 3.38. The van der Waals surface area contributed by atoms with Crippen LogP contribution in [0, 0.1) is 0 Å². The Morgan fingerprint density at radius 3 is 2.70 bits per heavy atom. The lowest BCUT2D eigenvalue weighted by molar-refractivity contribution is -0.141. The van der Waals surface area contributed by atoms with Gasteiger partial charge in [-0.25, -0.2) is 8.42 Å². The minimum atomic E-state index is -3.98.